The van der Waals surface area contributed by atoms with Gasteiger partial charge in [-0.15, -0.1) is 0 Å². The third-order valence-electron chi connectivity index (χ3n) is 2.66. The summed E-state index contributed by atoms with van der Waals surface area (Å²) >= 11 is 0.893. The molecule has 2 aromatic rings. The van der Waals surface area contributed by atoms with Crippen LogP contribution in [0, 0.1) is 6.92 Å². The van der Waals surface area contributed by atoms with Gasteiger partial charge in [-0.05, 0) is 25.1 Å². The van der Waals surface area contributed by atoms with E-state index >= 15 is 0 Å². The molecule has 114 valence electrons. The number of rotatable bonds is 4. The Morgan fingerprint density at radius 3 is 2.55 bits per heavy atom. The molecule has 3 N–H and O–H groups in total. The largest absolute Gasteiger partial charge is 0.477 e. The molecule has 1 aromatic carbocycles. The lowest BCUT2D eigenvalue weighted by Crippen LogP contribution is -2.13. The highest BCUT2D eigenvalue weighted by molar-refractivity contribution is 7.17. The Morgan fingerprint density at radius 2 is 1.95 bits per heavy atom. The van der Waals surface area contributed by atoms with Crippen molar-refractivity contribution in [2.75, 3.05) is 10.6 Å². The number of aromatic carboxylic acids is 1. The van der Waals surface area contributed by atoms with Gasteiger partial charge in [-0.2, -0.15) is 0 Å². The number of carboxylic acid groups (broad SMARTS) is 1. The summed E-state index contributed by atoms with van der Waals surface area (Å²) in [6, 6.07) is 6.40. The second-order valence-corrected chi connectivity index (χ2v) is 5.45. The molecule has 0 unspecified atom stereocenters. The topological polar surface area (TPSA) is 108 Å². The van der Waals surface area contributed by atoms with Crippen molar-refractivity contribution in [2.45, 2.75) is 13.8 Å². The van der Waals surface area contributed by atoms with E-state index in [4.69, 9.17) is 5.11 Å². The fourth-order valence-electron chi connectivity index (χ4n) is 1.76. The van der Waals surface area contributed by atoms with Gasteiger partial charge >= 0.3 is 5.97 Å². The molecule has 0 bridgehead atoms. The molecule has 0 aliphatic heterocycles. The number of amides is 2. The number of hydrogen-bond donors (Lipinski definition) is 3. The van der Waals surface area contributed by atoms with Gasteiger partial charge in [-0.1, -0.05) is 17.4 Å². The normalized spacial score (nSPS) is 10.1. The maximum Gasteiger partial charge on any atom is 0.347 e. The van der Waals surface area contributed by atoms with Crippen molar-refractivity contribution < 1.29 is 19.5 Å². The lowest BCUT2D eigenvalue weighted by Gasteiger charge is -2.05. The van der Waals surface area contributed by atoms with Gasteiger partial charge in [0.15, 0.2) is 5.13 Å². The van der Waals surface area contributed by atoms with Crippen LogP contribution < -0.4 is 10.6 Å². The SMILES string of the molecule is CC(=O)Nc1cccc(C(=O)Nc2nc(C)c(C(=O)O)s2)c1. The lowest BCUT2D eigenvalue weighted by molar-refractivity contribution is -0.114. The third-order valence-corrected chi connectivity index (χ3v) is 3.72. The fraction of sp³-hybridized carbons (Fsp3) is 0.143. The van der Waals surface area contributed by atoms with Crippen molar-refractivity contribution >= 4 is 39.9 Å². The van der Waals surface area contributed by atoms with Crippen LogP contribution in [0.25, 0.3) is 0 Å². The molecule has 0 atom stereocenters. The zero-order chi connectivity index (χ0) is 16.3. The maximum atomic E-state index is 12.1. The molecule has 0 radical (unpaired) electrons. The lowest BCUT2D eigenvalue weighted by atomic mass is 10.2. The van der Waals surface area contributed by atoms with Gasteiger partial charge in [0.25, 0.3) is 5.91 Å². The number of carbonyl (C=O) groups is 3. The van der Waals surface area contributed by atoms with Crippen molar-refractivity contribution in [3.63, 3.8) is 0 Å². The van der Waals surface area contributed by atoms with Crippen LogP contribution in [0.5, 0.6) is 0 Å². The van der Waals surface area contributed by atoms with E-state index in [-0.39, 0.29) is 15.9 Å². The molecule has 22 heavy (non-hydrogen) atoms. The van der Waals surface area contributed by atoms with Gasteiger partial charge in [0.2, 0.25) is 5.91 Å². The van der Waals surface area contributed by atoms with Crippen molar-refractivity contribution in [2.24, 2.45) is 0 Å². The van der Waals surface area contributed by atoms with Crippen molar-refractivity contribution in [1.29, 1.82) is 0 Å². The van der Waals surface area contributed by atoms with E-state index in [2.05, 4.69) is 15.6 Å². The molecule has 1 heterocycles. The average Bonchev–Trinajstić information content (AvgIpc) is 2.79. The summed E-state index contributed by atoms with van der Waals surface area (Å²) in [5, 5.41) is 14.3. The number of nitrogens with zero attached hydrogens (tertiary/aromatic N) is 1. The van der Waals surface area contributed by atoms with E-state index in [1.54, 1.807) is 25.1 Å². The molecule has 0 fully saturated rings. The minimum absolute atomic E-state index is 0.0855. The minimum Gasteiger partial charge on any atom is -0.477 e. The fourth-order valence-corrected chi connectivity index (χ4v) is 2.56. The van der Waals surface area contributed by atoms with Gasteiger partial charge in [0, 0.05) is 18.2 Å². The number of aromatic nitrogens is 1. The van der Waals surface area contributed by atoms with Crippen LogP contribution in [-0.4, -0.2) is 27.9 Å². The molecule has 0 aliphatic carbocycles. The standard InChI is InChI=1S/C14H13N3O4S/c1-7-11(13(20)21)22-14(15-7)17-12(19)9-4-3-5-10(6-9)16-8(2)18/h3-6H,1-2H3,(H,16,18)(H,20,21)(H,15,17,19). The number of aryl methyl sites for hydroxylation is 1. The van der Waals surface area contributed by atoms with Crippen molar-refractivity contribution in [3.05, 3.63) is 40.4 Å². The third kappa shape index (κ3) is 3.67. The number of thiazole rings is 1. The molecule has 2 rings (SSSR count). The van der Waals surface area contributed by atoms with E-state index in [0.717, 1.165) is 11.3 Å². The van der Waals surface area contributed by atoms with Crippen LogP contribution >= 0.6 is 11.3 Å². The molecule has 0 aliphatic rings. The Balaban J connectivity index is 2.17. The summed E-state index contributed by atoms with van der Waals surface area (Å²) in [6.45, 7) is 2.94. The van der Waals surface area contributed by atoms with E-state index in [1.165, 1.54) is 13.0 Å². The molecule has 8 heteroatoms. The smallest absolute Gasteiger partial charge is 0.347 e. The number of benzene rings is 1. The number of hydrogen-bond acceptors (Lipinski definition) is 5. The predicted molar refractivity (Wildman–Crippen MR) is 82.5 cm³/mol. The molecule has 1 aromatic heterocycles. The van der Waals surface area contributed by atoms with Crippen LogP contribution in [0.3, 0.4) is 0 Å². The Bertz CT molecular complexity index is 754. The zero-order valence-electron chi connectivity index (χ0n) is 11.8. The summed E-state index contributed by atoms with van der Waals surface area (Å²) in [5.41, 5.74) is 1.18. The first-order valence-electron chi connectivity index (χ1n) is 6.26. The van der Waals surface area contributed by atoms with Gasteiger partial charge in [0.1, 0.15) is 4.88 Å². The summed E-state index contributed by atoms with van der Waals surface area (Å²) < 4.78 is 0. The maximum absolute atomic E-state index is 12.1. The zero-order valence-corrected chi connectivity index (χ0v) is 12.7. The first kappa shape index (κ1) is 15.6. The van der Waals surface area contributed by atoms with Crippen molar-refractivity contribution in [1.82, 2.24) is 4.98 Å². The first-order valence-corrected chi connectivity index (χ1v) is 7.08. The highest BCUT2D eigenvalue weighted by Crippen LogP contribution is 2.23. The minimum atomic E-state index is -1.08. The molecule has 0 saturated carbocycles. The first-order chi connectivity index (χ1) is 10.4. The number of nitrogens with one attached hydrogen (secondary N) is 2. The van der Waals surface area contributed by atoms with E-state index in [9.17, 15) is 14.4 Å². The quantitative estimate of drug-likeness (QED) is 0.801. The van der Waals surface area contributed by atoms with Crippen LogP contribution in [0.1, 0.15) is 32.6 Å². The Morgan fingerprint density at radius 1 is 1.23 bits per heavy atom. The molecule has 2 amide bonds. The highest BCUT2D eigenvalue weighted by atomic mass is 32.1. The number of carboxylic acids is 1. The van der Waals surface area contributed by atoms with Crippen LogP contribution in [0.15, 0.2) is 24.3 Å². The van der Waals surface area contributed by atoms with E-state index < -0.39 is 11.9 Å². The Kier molecular flexibility index (Phi) is 4.52. The van der Waals surface area contributed by atoms with Crippen molar-refractivity contribution in [3.8, 4) is 0 Å². The number of anilines is 2. The summed E-state index contributed by atoms with van der Waals surface area (Å²) in [4.78, 5) is 38.2. The van der Waals surface area contributed by atoms with Gasteiger partial charge in [-0.25, -0.2) is 9.78 Å². The van der Waals surface area contributed by atoms with E-state index in [1.807, 2.05) is 0 Å². The Hall–Kier alpha value is -2.74. The van der Waals surface area contributed by atoms with E-state index in [0.29, 0.717) is 16.9 Å². The molecular weight excluding hydrogens is 306 g/mol. The molecule has 0 saturated heterocycles. The summed E-state index contributed by atoms with van der Waals surface area (Å²) in [7, 11) is 0. The molecular formula is C14H13N3O4S. The van der Waals surface area contributed by atoms with Crippen LogP contribution in [0.2, 0.25) is 0 Å². The summed E-state index contributed by atoms with van der Waals surface area (Å²) in [5.74, 6) is -1.75. The Labute approximate surface area is 130 Å². The van der Waals surface area contributed by atoms with Gasteiger partial charge < -0.3 is 10.4 Å². The van der Waals surface area contributed by atoms with Crippen LogP contribution in [0.4, 0.5) is 10.8 Å². The monoisotopic (exact) mass is 319 g/mol. The molecule has 7 nitrogen and oxygen atoms in total. The van der Waals surface area contributed by atoms with Gasteiger partial charge in [-0.3, -0.25) is 14.9 Å². The van der Waals surface area contributed by atoms with Crippen LogP contribution in [-0.2, 0) is 4.79 Å². The second-order valence-electron chi connectivity index (χ2n) is 4.45. The predicted octanol–water partition coefficient (Wildman–Crippen LogP) is 2.36. The highest BCUT2D eigenvalue weighted by Gasteiger charge is 2.16. The summed E-state index contributed by atoms with van der Waals surface area (Å²) in [6.07, 6.45) is 0. The molecule has 0 spiro atoms. The average molecular weight is 319 g/mol. The van der Waals surface area contributed by atoms with Gasteiger partial charge in [0.05, 0.1) is 5.69 Å². The number of carbonyl (C=O) groups excluding carboxylic acids is 2. The second kappa shape index (κ2) is 6.35.